The van der Waals surface area contributed by atoms with Crippen molar-refractivity contribution in [3.8, 4) is 0 Å². The fraction of sp³-hybridized carbons (Fsp3) is 0.368. The average Bonchev–Trinajstić information content (AvgIpc) is 3.37. The van der Waals surface area contributed by atoms with Crippen LogP contribution in [0.15, 0.2) is 41.1 Å². The first kappa shape index (κ1) is 15.9. The van der Waals surface area contributed by atoms with Crippen molar-refractivity contribution in [3.05, 3.63) is 53.8 Å². The highest BCUT2D eigenvalue weighted by atomic mass is 16.5. The first-order chi connectivity index (χ1) is 12.2. The molecule has 3 heterocycles. The fourth-order valence-corrected chi connectivity index (χ4v) is 3.66. The SMILES string of the molecule is CCc1c(C(=O)N2C[C@H](OC)CC2c2ncc[nH]2)oc2ccccc12. The monoisotopic (exact) mass is 339 g/mol. The number of H-pyrrole nitrogens is 1. The molecule has 1 amide bonds. The minimum Gasteiger partial charge on any atom is -0.451 e. The predicted octanol–water partition coefficient (Wildman–Crippen LogP) is 3.32. The Balaban J connectivity index is 1.74. The molecule has 0 bridgehead atoms. The first-order valence-electron chi connectivity index (χ1n) is 8.56. The zero-order valence-corrected chi connectivity index (χ0v) is 14.4. The lowest BCUT2D eigenvalue weighted by Crippen LogP contribution is -2.32. The van der Waals surface area contributed by atoms with Crippen molar-refractivity contribution in [1.82, 2.24) is 14.9 Å². The van der Waals surface area contributed by atoms with Crippen LogP contribution in [0.3, 0.4) is 0 Å². The van der Waals surface area contributed by atoms with Crippen LogP contribution in [-0.4, -0.2) is 40.5 Å². The summed E-state index contributed by atoms with van der Waals surface area (Å²) in [6.07, 6.45) is 4.93. The van der Waals surface area contributed by atoms with E-state index in [1.54, 1.807) is 19.5 Å². The van der Waals surface area contributed by atoms with Crippen LogP contribution in [-0.2, 0) is 11.2 Å². The lowest BCUT2D eigenvalue weighted by Gasteiger charge is -2.22. The standard InChI is InChI=1S/C19H21N3O3/c1-3-13-14-6-4-5-7-16(14)25-17(13)19(23)22-11-12(24-2)10-15(22)18-20-8-9-21-18/h4-9,12,15H,3,10-11H2,1-2H3,(H,20,21)/t12-,15?/m1/s1. The first-order valence-corrected chi connectivity index (χ1v) is 8.56. The molecule has 0 aliphatic carbocycles. The number of methoxy groups -OCH3 is 1. The number of aromatic nitrogens is 2. The van der Waals surface area contributed by atoms with E-state index in [4.69, 9.17) is 9.15 Å². The second-order valence-electron chi connectivity index (χ2n) is 6.30. The second-order valence-corrected chi connectivity index (χ2v) is 6.30. The van der Waals surface area contributed by atoms with E-state index in [-0.39, 0.29) is 18.1 Å². The van der Waals surface area contributed by atoms with Crippen LogP contribution in [0.5, 0.6) is 0 Å². The Bertz CT molecular complexity index is 885. The minimum absolute atomic E-state index is 0.00601. The van der Waals surface area contributed by atoms with E-state index >= 15 is 0 Å². The van der Waals surface area contributed by atoms with Gasteiger partial charge in [-0.1, -0.05) is 25.1 Å². The number of amides is 1. The predicted molar refractivity (Wildman–Crippen MR) is 93.4 cm³/mol. The van der Waals surface area contributed by atoms with E-state index in [9.17, 15) is 4.79 Å². The summed E-state index contributed by atoms with van der Waals surface area (Å²) in [6, 6.07) is 7.65. The summed E-state index contributed by atoms with van der Waals surface area (Å²) < 4.78 is 11.4. The maximum Gasteiger partial charge on any atom is 0.290 e. The van der Waals surface area contributed by atoms with E-state index in [1.165, 1.54) is 0 Å². The number of hydrogen-bond acceptors (Lipinski definition) is 4. The highest BCUT2D eigenvalue weighted by Crippen LogP contribution is 2.35. The van der Waals surface area contributed by atoms with Crippen LogP contribution in [0, 0.1) is 0 Å². The zero-order valence-electron chi connectivity index (χ0n) is 14.4. The van der Waals surface area contributed by atoms with Crippen molar-refractivity contribution >= 4 is 16.9 Å². The zero-order chi connectivity index (χ0) is 17.4. The van der Waals surface area contributed by atoms with Crippen LogP contribution in [0.25, 0.3) is 11.0 Å². The molecule has 0 radical (unpaired) electrons. The topological polar surface area (TPSA) is 71.4 Å². The number of aromatic amines is 1. The van der Waals surface area contributed by atoms with E-state index in [0.29, 0.717) is 12.3 Å². The number of hydrogen-bond donors (Lipinski definition) is 1. The summed E-state index contributed by atoms with van der Waals surface area (Å²) in [6.45, 7) is 2.57. The van der Waals surface area contributed by atoms with Crippen molar-refractivity contribution in [2.45, 2.75) is 31.9 Å². The number of imidazole rings is 1. The average molecular weight is 339 g/mol. The number of likely N-dealkylation sites (tertiary alicyclic amines) is 1. The Morgan fingerprint density at radius 2 is 2.28 bits per heavy atom. The molecule has 2 atom stereocenters. The molecule has 2 aromatic heterocycles. The number of para-hydroxylation sites is 1. The summed E-state index contributed by atoms with van der Waals surface area (Å²) in [5.74, 6) is 1.10. The van der Waals surface area contributed by atoms with Gasteiger partial charge in [-0.05, 0) is 12.5 Å². The summed E-state index contributed by atoms with van der Waals surface area (Å²) in [4.78, 5) is 22.6. The van der Waals surface area contributed by atoms with E-state index in [0.717, 1.165) is 35.2 Å². The molecular weight excluding hydrogens is 318 g/mol. The highest BCUT2D eigenvalue weighted by Gasteiger charge is 2.40. The number of furan rings is 1. The molecule has 1 N–H and O–H groups in total. The van der Waals surface area contributed by atoms with Gasteiger partial charge in [0.1, 0.15) is 11.4 Å². The summed E-state index contributed by atoms with van der Waals surface area (Å²) in [5, 5.41) is 1.00. The molecule has 1 aromatic carbocycles. The molecule has 130 valence electrons. The maximum atomic E-state index is 13.3. The summed E-state index contributed by atoms with van der Waals surface area (Å²) >= 11 is 0. The van der Waals surface area contributed by atoms with E-state index in [2.05, 4.69) is 9.97 Å². The number of aryl methyl sites for hydroxylation is 1. The molecule has 1 aliphatic heterocycles. The number of carbonyl (C=O) groups excluding carboxylic acids is 1. The molecule has 4 rings (SSSR count). The normalized spacial score (nSPS) is 20.5. The molecule has 25 heavy (non-hydrogen) atoms. The van der Waals surface area contributed by atoms with Crippen molar-refractivity contribution in [2.24, 2.45) is 0 Å². The van der Waals surface area contributed by atoms with Crippen LogP contribution < -0.4 is 0 Å². The highest BCUT2D eigenvalue weighted by molar-refractivity contribution is 5.99. The molecule has 1 fully saturated rings. The van der Waals surface area contributed by atoms with Crippen LogP contribution in [0.4, 0.5) is 0 Å². The van der Waals surface area contributed by atoms with Gasteiger partial charge in [-0.2, -0.15) is 0 Å². The number of benzene rings is 1. The largest absolute Gasteiger partial charge is 0.451 e. The van der Waals surface area contributed by atoms with Gasteiger partial charge < -0.3 is 19.0 Å². The minimum atomic E-state index is -0.134. The van der Waals surface area contributed by atoms with Gasteiger partial charge in [-0.25, -0.2) is 4.98 Å². The number of nitrogens with zero attached hydrogens (tertiary/aromatic N) is 2. The molecule has 1 unspecified atom stereocenters. The molecule has 0 spiro atoms. The Hall–Kier alpha value is -2.60. The lowest BCUT2D eigenvalue weighted by molar-refractivity contribution is 0.0655. The smallest absolute Gasteiger partial charge is 0.290 e. The van der Waals surface area contributed by atoms with Gasteiger partial charge in [-0.3, -0.25) is 4.79 Å². The summed E-state index contributed by atoms with van der Waals surface area (Å²) in [5.41, 5.74) is 1.71. The number of rotatable bonds is 4. The third-order valence-corrected chi connectivity index (χ3v) is 4.94. The van der Waals surface area contributed by atoms with Crippen molar-refractivity contribution < 1.29 is 13.9 Å². The van der Waals surface area contributed by atoms with Crippen LogP contribution >= 0.6 is 0 Å². The van der Waals surface area contributed by atoms with Gasteiger partial charge in [0.05, 0.1) is 12.1 Å². The van der Waals surface area contributed by atoms with Crippen LogP contribution in [0.1, 0.15) is 41.3 Å². The second kappa shape index (κ2) is 6.37. The third kappa shape index (κ3) is 2.62. The van der Waals surface area contributed by atoms with Crippen molar-refractivity contribution in [1.29, 1.82) is 0 Å². The number of carbonyl (C=O) groups is 1. The molecule has 3 aromatic rings. The molecule has 1 saturated heterocycles. The Morgan fingerprint density at radius 3 is 3.00 bits per heavy atom. The molecule has 6 nitrogen and oxygen atoms in total. The van der Waals surface area contributed by atoms with Crippen LogP contribution in [0.2, 0.25) is 0 Å². The number of nitrogens with one attached hydrogen (secondary N) is 1. The Kier molecular flexibility index (Phi) is 4.05. The van der Waals surface area contributed by atoms with Crippen molar-refractivity contribution in [2.75, 3.05) is 13.7 Å². The quantitative estimate of drug-likeness (QED) is 0.791. The van der Waals surface area contributed by atoms with E-state index < -0.39 is 0 Å². The Labute approximate surface area is 145 Å². The molecular formula is C19H21N3O3. The maximum absolute atomic E-state index is 13.3. The summed E-state index contributed by atoms with van der Waals surface area (Å²) in [7, 11) is 1.68. The van der Waals surface area contributed by atoms with Gasteiger partial charge in [0.15, 0.2) is 5.76 Å². The van der Waals surface area contributed by atoms with Crippen molar-refractivity contribution in [3.63, 3.8) is 0 Å². The third-order valence-electron chi connectivity index (χ3n) is 4.94. The lowest BCUT2D eigenvalue weighted by atomic mass is 10.1. The van der Waals surface area contributed by atoms with Gasteiger partial charge in [-0.15, -0.1) is 0 Å². The van der Waals surface area contributed by atoms with Gasteiger partial charge >= 0.3 is 0 Å². The molecule has 0 saturated carbocycles. The van der Waals surface area contributed by atoms with Gasteiger partial charge in [0, 0.05) is 43.4 Å². The fourth-order valence-electron chi connectivity index (χ4n) is 3.66. The number of fused-ring (bicyclic) bond motifs is 1. The van der Waals surface area contributed by atoms with Gasteiger partial charge in [0.2, 0.25) is 0 Å². The Morgan fingerprint density at radius 1 is 1.44 bits per heavy atom. The molecule has 1 aliphatic rings. The van der Waals surface area contributed by atoms with Gasteiger partial charge in [0.25, 0.3) is 5.91 Å². The number of ether oxygens (including phenoxy) is 1. The van der Waals surface area contributed by atoms with E-state index in [1.807, 2.05) is 36.1 Å². The molecule has 6 heteroatoms.